The van der Waals surface area contributed by atoms with Crippen LogP contribution in [-0.4, -0.2) is 53.3 Å². The number of hydrogen-bond donors (Lipinski definition) is 2. The monoisotopic (exact) mass is 415 g/mol. The normalized spacial score (nSPS) is 21.0. The van der Waals surface area contributed by atoms with E-state index in [0.29, 0.717) is 17.8 Å². The van der Waals surface area contributed by atoms with Gasteiger partial charge in [-0.1, -0.05) is 31.5 Å². The van der Waals surface area contributed by atoms with E-state index in [1.807, 2.05) is 38.1 Å². The number of pyridine rings is 1. The van der Waals surface area contributed by atoms with Crippen molar-refractivity contribution in [3.8, 4) is 0 Å². The first-order chi connectivity index (χ1) is 14.0. The molecule has 158 valence electrons. The zero-order valence-electron chi connectivity index (χ0n) is 17.9. The highest BCUT2D eigenvalue weighted by Gasteiger charge is 2.26. The molecule has 3 rings (SSSR count). The van der Waals surface area contributed by atoms with Gasteiger partial charge < -0.3 is 15.5 Å². The SMILES string of the molecule is CCS(=O)C1CCCC(NC(=NC)NCc2cc(N(C)C)nc3ccccc23)C1. The summed E-state index contributed by atoms with van der Waals surface area (Å²) >= 11 is 0. The van der Waals surface area contributed by atoms with E-state index in [0.717, 1.165) is 54.1 Å². The molecular formula is C22H33N5OS. The number of guanidine groups is 1. The number of nitrogens with zero attached hydrogens (tertiary/aromatic N) is 3. The number of aliphatic imine (C=N–C) groups is 1. The highest BCUT2D eigenvalue weighted by atomic mass is 32.2. The second-order valence-corrected chi connectivity index (χ2v) is 9.78. The molecule has 2 N–H and O–H groups in total. The predicted molar refractivity (Wildman–Crippen MR) is 124 cm³/mol. The van der Waals surface area contributed by atoms with E-state index in [1.54, 1.807) is 7.05 Å². The molecule has 7 heteroatoms. The molecular weight excluding hydrogens is 382 g/mol. The highest BCUT2D eigenvalue weighted by Crippen LogP contribution is 2.24. The number of rotatable bonds is 6. The summed E-state index contributed by atoms with van der Waals surface area (Å²) in [4.78, 5) is 11.2. The Bertz CT molecular complexity index is 883. The molecule has 3 unspecified atom stereocenters. The minimum Gasteiger partial charge on any atom is -0.363 e. The predicted octanol–water partition coefficient (Wildman–Crippen LogP) is 3.05. The number of nitrogens with one attached hydrogen (secondary N) is 2. The third kappa shape index (κ3) is 5.47. The van der Waals surface area contributed by atoms with Crippen molar-refractivity contribution in [1.82, 2.24) is 15.6 Å². The topological polar surface area (TPSA) is 69.6 Å². The van der Waals surface area contributed by atoms with Crippen molar-refractivity contribution >= 4 is 33.5 Å². The number of para-hydroxylation sites is 1. The fraction of sp³-hybridized carbons (Fsp3) is 0.545. The summed E-state index contributed by atoms with van der Waals surface area (Å²) in [6.07, 6.45) is 4.23. The Hall–Kier alpha value is -2.15. The summed E-state index contributed by atoms with van der Waals surface area (Å²) in [7, 11) is 5.10. The zero-order valence-corrected chi connectivity index (χ0v) is 18.8. The Balaban J connectivity index is 1.69. The molecule has 1 aromatic heterocycles. The molecule has 0 amide bonds. The molecule has 1 aromatic carbocycles. The Kier molecular flexibility index (Phi) is 7.47. The van der Waals surface area contributed by atoms with Crippen LogP contribution in [0, 0.1) is 0 Å². The fourth-order valence-electron chi connectivity index (χ4n) is 3.92. The number of aromatic nitrogens is 1. The van der Waals surface area contributed by atoms with Gasteiger partial charge in [0.2, 0.25) is 0 Å². The van der Waals surface area contributed by atoms with Crippen LogP contribution >= 0.6 is 0 Å². The lowest BCUT2D eigenvalue weighted by molar-refractivity contribution is 0.413. The molecule has 0 aliphatic heterocycles. The first-order valence-corrected chi connectivity index (χ1v) is 11.8. The van der Waals surface area contributed by atoms with E-state index in [4.69, 9.17) is 4.98 Å². The van der Waals surface area contributed by atoms with Crippen molar-refractivity contribution in [3.05, 3.63) is 35.9 Å². The third-order valence-electron chi connectivity index (χ3n) is 5.54. The standard InChI is InChI=1S/C22H33N5OS/c1-5-29(28)18-10-8-9-17(14-18)25-22(23-2)24-15-16-13-21(27(3)4)26-20-12-7-6-11-19(16)20/h6-7,11-13,17-18H,5,8-10,14-15H2,1-4H3,(H2,23,24,25). The smallest absolute Gasteiger partial charge is 0.191 e. The molecule has 1 aliphatic rings. The van der Waals surface area contributed by atoms with E-state index < -0.39 is 10.8 Å². The lowest BCUT2D eigenvalue weighted by Crippen LogP contribution is -2.46. The van der Waals surface area contributed by atoms with Crippen LogP contribution in [0.4, 0.5) is 5.82 Å². The molecule has 29 heavy (non-hydrogen) atoms. The molecule has 1 saturated carbocycles. The van der Waals surface area contributed by atoms with Gasteiger partial charge in [-0.3, -0.25) is 9.20 Å². The fourth-order valence-corrected chi connectivity index (χ4v) is 5.27. The van der Waals surface area contributed by atoms with Crippen LogP contribution in [0.1, 0.15) is 38.2 Å². The van der Waals surface area contributed by atoms with Crippen LogP contribution < -0.4 is 15.5 Å². The zero-order chi connectivity index (χ0) is 20.8. The van der Waals surface area contributed by atoms with Crippen LogP contribution in [-0.2, 0) is 17.3 Å². The van der Waals surface area contributed by atoms with E-state index in [-0.39, 0.29) is 0 Å². The first kappa shape index (κ1) is 21.6. The van der Waals surface area contributed by atoms with Gasteiger partial charge in [0.15, 0.2) is 5.96 Å². The van der Waals surface area contributed by atoms with Gasteiger partial charge in [0.1, 0.15) is 5.82 Å². The molecule has 0 radical (unpaired) electrons. The molecule has 0 bridgehead atoms. The van der Waals surface area contributed by atoms with Gasteiger partial charge in [-0.05, 0) is 37.0 Å². The summed E-state index contributed by atoms with van der Waals surface area (Å²) in [5.41, 5.74) is 2.19. The maximum Gasteiger partial charge on any atom is 0.191 e. The van der Waals surface area contributed by atoms with Crippen molar-refractivity contribution in [2.24, 2.45) is 4.99 Å². The van der Waals surface area contributed by atoms with Gasteiger partial charge in [-0.2, -0.15) is 0 Å². The highest BCUT2D eigenvalue weighted by molar-refractivity contribution is 7.85. The Morgan fingerprint density at radius 3 is 2.83 bits per heavy atom. The molecule has 2 aromatic rings. The Labute approximate surface area is 176 Å². The molecule has 6 nitrogen and oxygen atoms in total. The van der Waals surface area contributed by atoms with Gasteiger partial charge in [-0.25, -0.2) is 4.98 Å². The molecule has 1 heterocycles. The summed E-state index contributed by atoms with van der Waals surface area (Å²) in [6.45, 7) is 2.68. The van der Waals surface area contributed by atoms with Crippen molar-refractivity contribution < 1.29 is 4.21 Å². The minimum atomic E-state index is -0.719. The van der Waals surface area contributed by atoms with Gasteiger partial charge in [0.05, 0.1) is 5.52 Å². The van der Waals surface area contributed by atoms with Gasteiger partial charge in [0, 0.05) is 60.9 Å². The number of hydrogen-bond acceptors (Lipinski definition) is 4. The quantitative estimate of drug-likeness (QED) is 0.561. The Morgan fingerprint density at radius 1 is 1.31 bits per heavy atom. The molecule has 0 spiro atoms. The summed E-state index contributed by atoms with van der Waals surface area (Å²) in [5, 5.41) is 8.47. The third-order valence-corrected chi connectivity index (χ3v) is 7.28. The van der Waals surface area contributed by atoms with Gasteiger partial charge >= 0.3 is 0 Å². The van der Waals surface area contributed by atoms with Gasteiger partial charge in [0.25, 0.3) is 0 Å². The second-order valence-electron chi connectivity index (χ2n) is 7.78. The van der Waals surface area contributed by atoms with E-state index in [1.165, 1.54) is 5.56 Å². The average Bonchev–Trinajstić information content (AvgIpc) is 2.75. The number of fused-ring (bicyclic) bond motifs is 1. The van der Waals surface area contributed by atoms with E-state index >= 15 is 0 Å². The summed E-state index contributed by atoms with van der Waals surface area (Å²) < 4.78 is 12.2. The van der Waals surface area contributed by atoms with Crippen LogP contribution in [0.25, 0.3) is 10.9 Å². The Morgan fingerprint density at radius 2 is 2.10 bits per heavy atom. The van der Waals surface area contributed by atoms with E-state index in [2.05, 4.69) is 33.8 Å². The lowest BCUT2D eigenvalue weighted by atomic mass is 9.95. The lowest BCUT2D eigenvalue weighted by Gasteiger charge is -2.30. The van der Waals surface area contributed by atoms with Crippen molar-refractivity contribution in [3.63, 3.8) is 0 Å². The second kappa shape index (κ2) is 10.1. The first-order valence-electron chi connectivity index (χ1n) is 10.4. The molecule has 0 saturated heterocycles. The van der Waals surface area contributed by atoms with Crippen molar-refractivity contribution in [1.29, 1.82) is 0 Å². The van der Waals surface area contributed by atoms with Crippen LogP contribution in [0.5, 0.6) is 0 Å². The van der Waals surface area contributed by atoms with Crippen LogP contribution in [0.15, 0.2) is 35.3 Å². The van der Waals surface area contributed by atoms with Gasteiger partial charge in [-0.15, -0.1) is 0 Å². The average molecular weight is 416 g/mol. The minimum absolute atomic E-state index is 0.302. The number of anilines is 1. The molecule has 1 aliphatic carbocycles. The molecule has 3 atom stereocenters. The molecule has 1 fully saturated rings. The largest absolute Gasteiger partial charge is 0.363 e. The van der Waals surface area contributed by atoms with E-state index in [9.17, 15) is 4.21 Å². The van der Waals surface area contributed by atoms with Crippen molar-refractivity contribution in [2.75, 3.05) is 31.8 Å². The summed E-state index contributed by atoms with van der Waals surface area (Å²) in [6, 6.07) is 10.7. The van der Waals surface area contributed by atoms with Crippen LogP contribution in [0.2, 0.25) is 0 Å². The van der Waals surface area contributed by atoms with Crippen LogP contribution in [0.3, 0.4) is 0 Å². The summed E-state index contributed by atoms with van der Waals surface area (Å²) in [5.74, 6) is 2.49. The maximum atomic E-state index is 12.2. The number of benzene rings is 1. The maximum absolute atomic E-state index is 12.2. The van der Waals surface area contributed by atoms with Crippen molar-refractivity contribution in [2.45, 2.75) is 50.4 Å².